The molecule has 1 N–H and O–H groups in total. The van der Waals surface area contributed by atoms with Crippen LogP contribution in [0, 0.1) is 11.3 Å². The van der Waals surface area contributed by atoms with Crippen LogP contribution < -0.4 is 5.32 Å². The first kappa shape index (κ1) is 23.5. The predicted octanol–water partition coefficient (Wildman–Crippen LogP) is 9.73. The zero-order valence-corrected chi connectivity index (χ0v) is 21.8. The molecule has 3 nitrogen and oxygen atoms in total. The summed E-state index contributed by atoms with van der Waals surface area (Å²) in [6.07, 6.45) is 0. The minimum atomic E-state index is 0.657. The molecule has 3 heteroatoms. The minimum Gasteiger partial charge on any atom is -0.355 e. The van der Waals surface area contributed by atoms with Gasteiger partial charge in [0.15, 0.2) is 0 Å². The molecule has 0 aliphatic carbocycles. The highest BCUT2D eigenvalue weighted by Gasteiger charge is 2.15. The van der Waals surface area contributed by atoms with Crippen molar-refractivity contribution in [3.8, 4) is 34.0 Å². The first-order valence-corrected chi connectivity index (χ1v) is 13.3. The standard InChI is InChI=1S/C37H25N3/c38-25-29-11-4-8-19-35(29)40-36-20-9-6-17-32(36)33-24-27(21-22-37(33)40)26-12-10-13-28(23-26)31-16-5-7-18-34(31)39-30-14-2-1-3-15-30/h1-24,39H. The number of para-hydroxylation sites is 4. The number of nitrogens with one attached hydrogen (secondary N) is 1. The van der Waals surface area contributed by atoms with Crippen LogP contribution in [-0.4, -0.2) is 4.57 Å². The Balaban J connectivity index is 1.35. The van der Waals surface area contributed by atoms with Gasteiger partial charge in [-0.25, -0.2) is 0 Å². The van der Waals surface area contributed by atoms with Crippen molar-refractivity contribution in [3.05, 3.63) is 151 Å². The maximum absolute atomic E-state index is 9.81. The second kappa shape index (κ2) is 9.94. The third kappa shape index (κ3) is 4.09. The number of hydrogen-bond donors (Lipinski definition) is 1. The van der Waals surface area contributed by atoms with E-state index in [9.17, 15) is 5.26 Å². The number of hydrogen-bond acceptors (Lipinski definition) is 2. The van der Waals surface area contributed by atoms with E-state index in [2.05, 4.69) is 119 Å². The van der Waals surface area contributed by atoms with E-state index in [1.807, 2.05) is 42.5 Å². The zero-order chi connectivity index (χ0) is 26.9. The Morgan fingerprint density at radius 3 is 2.12 bits per heavy atom. The van der Waals surface area contributed by atoms with Crippen molar-refractivity contribution in [2.24, 2.45) is 0 Å². The van der Waals surface area contributed by atoms with Crippen molar-refractivity contribution in [2.45, 2.75) is 0 Å². The Morgan fingerprint density at radius 2 is 1.23 bits per heavy atom. The number of nitriles is 1. The molecular weight excluding hydrogens is 486 g/mol. The van der Waals surface area contributed by atoms with Gasteiger partial charge in [0.05, 0.1) is 22.3 Å². The van der Waals surface area contributed by atoms with Crippen LogP contribution in [0.5, 0.6) is 0 Å². The maximum atomic E-state index is 9.81. The van der Waals surface area contributed by atoms with Gasteiger partial charge in [0.2, 0.25) is 0 Å². The molecule has 0 fully saturated rings. The van der Waals surface area contributed by atoms with E-state index in [0.29, 0.717) is 5.56 Å². The number of rotatable bonds is 5. The lowest BCUT2D eigenvalue weighted by Crippen LogP contribution is -1.97. The van der Waals surface area contributed by atoms with Crippen molar-refractivity contribution < 1.29 is 0 Å². The van der Waals surface area contributed by atoms with Crippen LogP contribution in [0.1, 0.15) is 5.56 Å². The lowest BCUT2D eigenvalue weighted by Gasteiger charge is -2.13. The monoisotopic (exact) mass is 511 g/mol. The fourth-order valence-corrected chi connectivity index (χ4v) is 5.56. The van der Waals surface area contributed by atoms with Crippen molar-refractivity contribution in [1.82, 2.24) is 4.57 Å². The van der Waals surface area contributed by atoms with Crippen LogP contribution in [0.2, 0.25) is 0 Å². The SMILES string of the molecule is N#Cc1ccccc1-n1c2ccccc2c2cc(-c3cccc(-c4ccccc4Nc4ccccc4)c3)ccc21. The van der Waals surface area contributed by atoms with Gasteiger partial charge in [-0.1, -0.05) is 91.0 Å². The molecule has 0 aliphatic rings. The van der Waals surface area contributed by atoms with E-state index >= 15 is 0 Å². The molecule has 0 spiro atoms. The van der Waals surface area contributed by atoms with Crippen molar-refractivity contribution >= 4 is 33.2 Å². The van der Waals surface area contributed by atoms with E-state index < -0.39 is 0 Å². The smallest absolute Gasteiger partial charge is 0.101 e. The van der Waals surface area contributed by atoms with Crippen LogP contribution >= 0.6 is 0 Å². The van der Waals surface area contributed by atoms with Crippen molar-refractivity contribution in [2.75, 3.05) is 5.32 Å². The van der Waals surface area contributed by atoms with Gasteiger partial charge in [0.1, 0.15) is 6.07 Å². The molecule has 0 amide bonds. The van der Waals surface area contributed by atoms with Crippen LogP contribution in [0.25, 0.3) is 49.7 Å². The van der Waals surface area contributed by atoms with E-state index in [1.165, 1.54) is 5.39 Å². The Labute approximate surface area is 233 Å². The van der Waals surface area contributed by atoms with Gasteiger partial charge in [-0.15, -0.1) is 0 Å². The summed E-state index contributed by atoms with van der Waals surface area (Å²) >= 11 is 0. The van der Waals surface area contributed by atoms with E-state index in [0.717, 1.165) is 55.7 Å². The highest BCUT2D eigenvalue weighted by atomic mass is 15.0. The third-order valence-electron chi connectivity index (χ3n) is 7.42. The van der Waals surface area contributed by atoms with E-state index in [4.69, 9.17) is 0 Å². The van der Waals surface area contributed by atoms with E-state index in [-0.39, 0.29) is 0 Å². The molecule has 7 aromatic rings. The minimum absolute atomic E-state index is 0.657. The van der Waals surface area contributed by atoms with Crippen LogP contribution in [0.4, 0.5) is 11.4 Å². The summed E-state index contributed by atoms with van der Waals surface area (Å²) in [5.74, 6) is 0. The summed E-state index contributed by atoms with van der Waals surface area (Å²) in [6, 6.07) is 52.6. The molecular formula is C37H25N3. The average Bonchev–Trinajstić information content (AvgIpc) is 3.35. The summed E-state index contributed by atoms with van der Waals surface area (Å²) in [5, 5.41) is 15.7. The fraction of sp³-hybridized carbons (Fsp3) is 0. The number of anilines is 2. The molecule has 188 valence electrons. The third-order valence-corrected chi connectivity index (χ3v) is 7.42. The summed E-state index contributed by atoms with van der Waals surface area (Å²) in [5.41, 5.74) is 10.5. The summed E-state index contributed by atoms with van der Waals surface area (Å²) in [7, 11) is 0. The Bertz CT molecular complexity index is 2040. The van der Waals surface area contributed by atoms with Gasteiger partial charge in [0, 0.05) is 27.7 Å². The molecule has 0 radical (unpaired) electrons. The van der Waals surface area contributed by atoms with Crippen molar-refractivity contribution in [3.63, 3.8) is 0 Å². The Kier molecular flexibility index (Phi) is 5.85. The number of nitrogens with zero attached hydrogens (tertiary/aromatic N) is 2. The molecule has 0 saturated carbocycles. The van der Waals surface area contributed by atoms with Crippen LogP contribution in [-0.2, 0) is 0 Å². The van der Waals surface area contributed by atoms with Gasteiger partial charge in [-0.2, -0.15) is 5.26 Å². The second-order valence-electron chi connectivity index (χ2n) is 9.83. The van der Waals surface area contributed by atoms with Crippen LogP contribution in [0.15, 0.2) is 146 Å². The largest absolute Gasteiger partial charge is 0.355 e. The summed E-state index contributed by atoms with van der Waals surface area (Å²) < 4.78 is 2.20. The summed E-state index contributed by atoms with van der Waals surface area (Å²) in [4.78, 5) is 0. The van der Waals surface area contributed by atoms with E-state index in [1.54, 1.807) is 0 Å². The van der Waals surface area contributed by atoms with Gasteiger partial charge in [-0.3, -0.25) is 0 Å². The number of aromatic nitrogens is 1. The zero-order valence-electron chi connectivity index (χ0n) is 21.8. The molecule has 0 unspecified atom stereocenters. The first-order chi connectivity index (χ1) is 19.8. The lowest BCUT2D eigenvalue weighted by atomic mass is 9.97. The highest BCUT2D eigenvalue weighted by Crippen LogP contribution is 2.37. The van der Waals surface area contributed by atoms with Gasteiger partial charge in [-0.05, 0) is 71.3 Å². The van der Waals surface area contributed by atoms with Gasteiger partial charge >= 0.3 is 0 Å². The fourth-order valence-electron chi connectivity index (χ4n) is 5.56. The number of benzene rings is 6. The molecule has 6 aromatic carbocycles. The number of fused-ring (bicyclic) bond motifs is 3. The topological polar surface area (TPSA) is 40.8 Å². The highest BCUT2D eigenvalue weighted by molar-refractivity contribution is 6.10. The molecule has 0 saturated heterocycles. The summed E-state index contributed by atoms with van der Waals surface area (Å²) in [6.45, 7) is 0. The molecule has 0 bridgehead atoms. The molecule has 1 heterocycles. The molecule has 7 rings (SSSR count). The van der Waals surface area contributed by atoms with Gasteiger partial charge in [0.25, 0.3) is 0 Å². The Hall–Kier alpha value is -5.59. The normalized spacial score (nSPS) is 11.0. The quantitative estimate of drug-likeness (QED) is 0.250. The molecule has 0 atom stereocenters. The second-order valence-corrected chi connectivity index (χ2v) is 9.83. The Morgan fingerprint density at radius 1 is 0.525 bits per heavy atom. The molecule has 40 heavy (non-hydrogen) atoms. The van der Waals surface area contributed by atoms with Crippen molar-refractivity contribution in [1.29, 1.82) is 5.26 Å². The average molecular weight is 512 g/mol. The first-order valence-electron chi connectivity index (χ1n) is 13.3. The predicted molar refractivity (Wildman–Crippen MR) is 166 cm³/mol. The van der Waals surface area contributed by atoms with Gasteiger partial charge < -0.3 is 9.88 Å². The van der Waals surface area contributed by atoms with Crippen LogP contribution in [0.3, 0.4) is 0 Å². The lowest BCUT2D eigenvalue weighted by molar-refractivity contribution is 1.17. The maximum Gasteiger partial charge on any atom is 0.101 e. The molecule has 1 aromatic heterocycles. The molecule has 0 aliphatic heterocycles.